The summed E-state index contributed by atoms with van der Waals surface area (Å²) in [6, 6.07) is 0. The first kappa shape index (κ1) is 6.35. The van der Waals surface area contributed by atoms with E-state index < -0.39 is 5.60 Å². The first-order valence-electron chi connectivity index (χ1n) is 3.85. The highest BCUT2D eigenvalue weighted by Gasteiger charge is 2.51. The smallest absolute Gasteiger partial charge is 0.136 e. The molecule has 0 unspecified atom stereocenters. The van der Waals surface area contributed by atoms with Crippen molar-refractivity contribution in [3.8, 4) is 0 Å². The van der Waals surface area contributed by atoms with Crippen molar-refractivity contribution < 1.29 is 9.90 Å². The Morgan fingerprint density at radius 2 is 2.40 bits per heavy atom. The molecule has 2 heteroatoms. The largest absolute Gasteiger partial charge is 0.390 e. The fourth-order valence-electron chi connectivity index (χ4n) is 2.30. The molecule has 3 atom stereocenters. The zero-order chi connectivity index (χ0) is 7.35. The number of hydrogen-bond donors (Lipinski definition) is 1. The van der Waals surface area contributed by atoms with E-state index in [1.165, 1.54) is 0 Å². The summed E-state index contributed by atoms with van der Waals surface area (Å²) in [5.74, 6) is 0.835. The van der Waals surface area contributed by atoms with Crippen LogP contribution < -0.4 is 0 Å². The second kappa shape index (κ2) is 1.62. The van der Waals surface area contributed by atoms with Gasteiger partial charge in [0.25, 0.3) is 0 Å². The lowest BCUT2D eigenvalue weighted by Gasteiger charge is -2.26. The molecule has 56 valence electrons. The molecule has 2 aliphatic carbocycles. The van der Waals surface area contributed by atoms with E-state index in [0.717, 1.165) is 6.42 Å². The van der Waals surface area contributed by atoms with Gasteiger partial charge in [0.1, 0.15) is 5.78 Å². The van der Waals surface area contributed by atoms with Gasteiger partial charge in [-0.05, 0) is 25.7 Å². The van der Waals surface area contributed by atoms with Gasteiger partial charge in [0, 0.05) is 12.3 Å². The molecule has 2 bridgehead atoms. The van der Waals surface area contributed by atoms with Crippen molar-refractivity contribution in [2.24, 2.45) is 11.8 Å². The number of carbonyl (C=O) groups is 1. The Hall–Kier alpha value is -0.370. The minimum absolute atomic E-state index is 0.194. The number of carbonyl (C=O) groups excluding carboxylic acids is 1. The molecule has 2 aliphatic rings. The van der Waals surface area contributed by atoms with Gasteiger partial charge < -0.3 is 5.11 Å². The Labute approximate surface area is 60.2 Å². The Morgan fingerprint density at radius 3 is 2.70 bits per heavy atom. The molecule has 0 heterocycles. The van der Waals surface area contributed by atoms with E-state index in [1.807, 2.05) is 6.92 Å². The average molecular weight is 140 g/mol. The maximum Gasteiger partial charge on any atom is 0.136 e. The SMILES string of the molecule is C[C@]1(O)C[C@H]2C[C@H]1CC2=O. The average Bonchev–Trinajstić information content (AvgIpc) is 2.21. The molecule has 0 aromatic carbocycles. The summed E-state index contributed by atoms with van der Waals surface area (Å²) in [6.07, 6.45) is 2.26. The van der Waals surface area contributed by atoms with Gasteiger partial charge in [-0.1, -0.05) is 0 Å². The van der Waals surface area contributed by atoms with Crippen molar-refractivity contribution in [1.82, 2.24) is 0 Å². The predicted octanol–water partition coefficient (Wildman–Crippen LogP) is 0.736. The molecule has 0 aromatic heterocycles. The summed E-state index contributed by atoms with van der Waals surface area (Å²) in [6.45, 7) is 1.85. The lowest BCUT2D eigenvalue weighted by Crippen LogP contribution is -2.33. The topological polar surface area (TPSA) is 37.3 Å². The summed E-state index contributed by atoms with van der Waals surface area (Å²) in [4.78, 5) is 11.0. The standard InChI is InChI=1S/C8H12O2/c1-8(10)4-5-2-6(8)3-7(5)9/h5-6,10H,2-4H2,1H3/t5-,6+,8+/m1/s1. The maximum atomic E-state index is 11.0. The summed E-state index contributed by atoms with van der Waals surface area (Å²) < 4.78 is 0. The van der Waals surface area contributed by atoms with E-state index in [1.54, 1.807) is 0 Å². The quantitative estimate of drug-likeness (QED) is 0.538. The van der Waals surface area contributed by atoms with E-state index >= 15 is 0 Å². The molecule has 2 rings (SSSR count). The molecule has 0 aliphatic heterocycles. The van der Waals surface area contributed by atoms with Gasteiger partial charge in [0.2, 0.25) is 0 Å². The number of fused-ring (bicyclic) bond motifs is 2. The van der Waals surface area contributed by atoms with Crippen molar-refractivity contribution in [3.63, 3.8) is 0 Å². The first-order chi connectivity index (χ1) is 4.59. The summed E-state index contributed by atoms with van der Waals surface area (Å²) >= 11 is 0. The third-order valence-electron chi connectivity index (χ3n) is 3.01. The zero-order valence-electron chi connectivity index (χ0n) is 6.13. The minimum Gasteiger partial charge on any atom is -0.390 e. The number of ketones is 1. The fourth-order valence-corrected chi connectivity index (χ4v) is 2.30. The number of aliphatic hydroxyl groups is 1. The lowest BCUT2D eigenvalue weighted by molar-refractivity contribution is -0.125. The van der Waals surface area contributed by atoms with E-state index in [-0.39, 0.29) is 11.8 Å². The van der Waals surface area contributed by atoms with Gasteiger partial charge >= 0.3 is 0 Å². The highest BCUT2D eigenvalue weighted by atomic mass is 16.3. The summed E-state index contributed by atoms with van der Waals surface area (Å²) in [7, 11) is 0. The third kappa shape index (κ3) is 0.655. The molecule has 0 saturated heterocycles. The van der Waals surface area contributed by atoms with Crippen LogP contribution in [0.3, 0.4) is 0 Å². The predicted molar refractivity (Wildman–Crippen MR) is 36.5 cm³/mol. The number of Topliss-reactive ketones (excluding diaryl/α,β-unsaturated/α-hetero) is 1. The Kier molecular flexibility index (Phi) is 1.03. The van der Waals surface area contributed by atoms with Crippen LogP contribution in [0.5, 0.6) is 0 Å². The zero-order valence-corrected chi connectivity index (χ0v) is 6.13. The molecular formula is C8H12O2. The first-order valence-corrected chi connectivity index (χ1v) is 3.85. The van der Waals surface area contributed by atoms with Crippen molar-refractivity contribution in [2.75, 3.05) is 0 Å². The molecule has 0 amide bonds. The molecule has 0 spiro atoms. The molecule has 2 nitrogen and oxygen atoms in total. The van der Waals surface area contributed by atoms with Crippen LogP contribution in [-0.2, 0) is 4.79 Å². The van der Waals surface area contributed by atoms with Gasteiger partial charge in [-0.3, -0.25) is 4.79 Å². The van der Waals surface area contributed by atoms with Gasteiger partial charge in [-0.2, -0.15) is 0 Å². The maximum absolute atomic E-state index is 11.0. The minimum atomic E-state index is -0.529. The fraction of sp³-hybridized carbons (Fsp3) is 0.875. The normalized spacial score (nSPS) is 52.4. The van der Waals surface area contributed by atoms with Crippen molar-refractivity contribution in [1.29, 1.82) is 0 Å². The number of hydrogen-bond acceptors (Lipinski definition) is 2. The van der Waals surface area contributed by atoms with E-state index in [0.29, 0.717) is 18.6 Å². The summed E-state index contributed by atoms with van der Waals surface area (Å²) in [5.41, 5.74) is -0.529. The molecule has 1 N–H and O–H groups in total. The molecule has 0 aromatic rings. The van der Waals surface area contributed by atoms with E-state index in [2.05, 4.69) is 0 Å². The number of rotatable bonds is 0. The van der Waals surface area contributed by atoms with Crippen LogP contribution in [0, 0.1) is 11.8 Å². The van der Waals surface area contributed by atoms with Crippen LogP contribution in [0.15, 0.2) is 0 Å². The molecule has 2 saturated carbocycles. The Balaban J connectivity index is 2.24. The van der Waals surface area contributed by atoms with Crippen molar-refractivity contribution >= 4 is 5.78 Å². The Morgan fingerprint density at radius 1 is 1.70 bits per heavy atom. The van der Waals surface area contributed by atoms with E-state index in [4.69, 9.17) is 0 Å². The van der Waals surface area contributed by atoms with Crippen LogP contribution in [-0.4, -0.2) is 16.5 Å². The summed E-state index contributed by atoms with van der Waals surface area (Å²) in [5, 5.41) is 9.65. The monoisotopic (exact) mass is 140 g/mol. The van der Waals surface area contributed by atoms with Gasteiger partial charge in [-0.15, -0.1) is 0 Å². The Bertz CT molecular complexity index is 184. The van der Waals surface area contributed by atoms with Gasteiger partial charge in [0.15, 0.2) is 0 Å². The lowest BCUT2D eigenvalue weighted by atomic mass is 9.85. The van der Waals surface area contributed by atoms with Crippen LogP contribution in [0.2, 0.25) is 0 Å². The van der Waals surface area contributed by atoms with E-state index in [9.17, 15) is 9.90 Å². The second-order valence-corrected chi connectivity index (χ2v) is 3.86. The molecule has 0 radical (unpaired) electrons. The van der Waals surface area contributed by atoms with Crippen molar-refractivity contribution in [3.05, 3.63) is 0 Å². The second-order valence-electron chi connectivity index (χ2n) is 3.86. The third-order valence-corrected chi connectivity index (χ3v) is 3.01. The van der Waals surface area contributed by atoms with Crippen molar-refractivity contribution in [2.45, 2.75) is 31.8 Å². The molecular weight excluding hydrogens is 128 g/mol. The van der Waals surface area contributed by atoms with Crippen LogP contribution in [0.1, 0.15) is 26.2 Å². The molecule has 2 fully saturated rings. The molecule has 10 heavy (non-hydrogen) atoms. The van der Waals surface area contributed by atoms with Crippen LogP contribution >= 0.6 is 0 Å². The highest BCUT2D eigenvalue weighted by molar-refractivity contribution is 5.84. The van der Waals surface area contributed by atoms with Crippen LogP contribution in [0.25, 0.3) is 0 Å². The van der Waals surface area contributed by atoms with Gasteiger partial charge in [-0.25, -0.2) is 0 Å². The van der Waals surface area contributed by atoms with Crippen LogP contribution in [0.4, 0.5) is 0 Å². The highest BCUT2D eigenvalue weighted by Crippen LogP contribution is 2.48. The van der Waals surface area contributed by atoms with Gasteiger partial charge in [0.05, 0.1) is 5.60 Å².